The predicted molar refractivity (Wildman–Crippen MR) is 126 cm³/mol. The molecule has 180 valence electrons. The van der Waals surface area contributed by atoms with Gasteiger partial charge in [-0.2, -0.15) is 0 Å². The third-order valence-electron chi connectivity index (χ3n) is 5.74. The van der Waals surface area contributed by atoms with Crippen LogP contribution >= 0.6 is 0 Å². The molecule has 0 spiro atoms. The minimum absolute atomic E-state index is 0.00874. The molecule has 2 aromatic carbocycles. The van der Waals surface area contributed by atoms with Crippen LogP contribution in [0.25, 0.3) is 0 Å². The lowest BCUT2D eigenvalue weighted by atomic mass is 10.1. The predicted octanol–water partition coefficient (Wildman–Crippen LogP) is 1.59. The van der Waals surface area contributed by atoms with Crippen molar-refractivity contribution in [2.45, 2.75) is 12.6 Å². The van der Waals surface area contributed by atoms with Crippen molar-refractivity contribution in [3.63, 3.8) is 0 Å². The number of ether oxygens (including phenoxy) is 3. The van der Waals surface area contributed by atoms with Crippen molar-refractivity contribution < 1.29 is 24.1 Å². The summed E-state index contributed by atoms with van der Waals surface area (Å²) in [6, 6.07) is 17.3. The fourth-order valence-corrected chi connectivity index (χ4v) is 3.76. The van der Waals surface area contributed by atoms with Crippen LogP contribution < -0.4 is 10.1 Å². The molecule has 2 N–H and O–H groups in total. The highest BCUT2D eigenvalue weighted by Crippen LogP contribution is 2.13. The van der Waals surface area contributed by atoms with Crippen LogP contribution in [0.2, 0.25) is 0 Å². The van der Waals surface area contributed by atoms with Gasteiger partial charge in [-0.3, -0.25) is 14.6 Å². The van der Waals surface area contributed by atoms with Gasteiger partial charge in [0, 0.05) is 51.9 Å². The molecule has 2 aromatic rings. The summed E-state index contributed by atoms with van der Waals surface area (Å²) < 4.78 is 15.6. The standard InChI is InChI=1S/C25H35N3O5/c1-31-15-16-32-20-33-24-9-7-22(8-10-24)25(30)26-17-23(19-29)28-13-11-27(12-14-28)18-21-5-3-2-4-6-21/h2-10,23,29H,11-20H2,1H3,(H,26,30). The van der Waals surface area contributed by atoms with Crippen molar-refractivity contribution >= 4 is 5.91 Å². The van der Waals surface area contributed by atoms with E-state index in [1.54, 1.807) is 31.4 Å². The van der Waals surface area contributed by atoms with E-state index in [1.165, 1.54) is 5.56 Å². The van der Waals surface area contributed by atoms with Gasteiger partial charge < -0.3 is 24.6 Å². The van der Waals surface area contributed by atoms with E-state index in [9.17, 15) is 9.90 Å². The zero-order valence-electron chi connectivity index (χ0n) is 19.3. The second-order valence-corrected chi connectivity index (χ2v) is 8.03. The fraction of sp³-hybridized carbons (Fsp3) is 0.480. The number of piperazine rings is 1. The highest BCUT2D eigenvalue weighted by Gasteiger charge is 2.24. The molecule has 1 fully saturated rings. The number of aliphatic hydroxyl groups is 1. The lowest BCUT2D eigenvalue weighted by Crippen LogP contribution is -2.54. The molecule has 1 aliphatic heterocycles. The van der Waals surface area contributed by atoms with Crippen molar-refractivity contribution in [2.24, 2.45) is 0 Å². The van der Waals surface area contributed by atoms with Crippen molar-refractivity contribution in [3.05, 3.63) is 65.7 Å². The SMILES string of the molecule is COCCOCOc1ccc(C(=O)NCC(CO)N2CCN(Cc3ccccc3)CC2)cc1. The van der Waals surface area contributed by atoms with Gasteiger partial charge in [0.15, 0.2) is 6.79 Å². The van der Waals surface area contributed by atoms with Crippen molar-refractivity contribution in [3.8, 4) is 5.75 Å². The van der Waals surface area contributed by atoms with Crippen LogP contribution in [0.3, 0.4) is 0 Å². The maximum atomic E-state index is 12.5. The second kappa shape index (κ2) is 13.9. The Balaban J connectivity index is 1.38. The highest BCUT2D eigenvalue weighted by molar-refractivity contribution is 5.94. The summed E-state index contributed by atoms with van der Waals surface area (Å²) in [5, 5.41) is 12.8. The molecule has 1 amide bonds. The number of hydrogen-bond acceptors (Lipinski definition) is 7. The molecule has 8 heteroatoms. The van der Waals surface area contributed by atoms with E-state index in [4.69, 9.17) is 14.2 Å². The molecule has 1 atom stereocenters. The van der Waals surface area contributed by atoms with Crippen molar-refractivity contribution in [2.75, 3.05) is 66.4 Å². The molecule has 33 heavy (non-hydrogen) atoms. The van der Waals surface area contributed by atoms with E-state index in [1.807, 2.05) is 6.07 Å². The number of rotatable bonds is 13. The highest BCUT2D eigenvalue weighted by atomic mass is 16.7. The number of nitrogens with one attached hydrogen (secondary N) is 1. The summed E-state index contributed by atoms with van der Waals surface area (Å²) in [4.78, 5) is 17.2. The largest absolute Gasteiger partial charge is 0.468 e. The van der Waals surface area contributed by atoms with Gasteiger partial charge in [-0.25, -0.2) is 0 Å². The van der Waals surface area contributed by atoms with Crippen LogP contribution in [-0.2, 0) is 16.0 Å². The molecule has 0 bridgehead atoms. The molecule has 8 nitrogen and oxygen atoms in total. The van der Waals surface area contributed by atoms with Crippen LogP contribution in [-0.4, -0.2) is 93.3 Å². The van der Waals surface area contributed by atoms with E-state index in [-0.39, 0.29) is 25.3 Å². The average Bonchev–Trinajstić information content (AvgIpc) is 2.86. The molecule has 1 saturated heterocycles. The summed E-state index contributed by atoms with van der Waals surface area (Å²) in [7, 11) is 1.61. The number of carbonyl (C=O) groups is 1. The van der Waals surface area contributed by atoms with Gasteiger partial charge in [0.1, 0.15) is 5.75 Å². The average molecular weight is 458 g/mol. The van der Waals surface area contributed by atoms with E-state index in [0.717, 1.165) is 32.7 Å². The van der Waals surface area contributed by atoms with Crippen molar-refractivity contribution in [1.29, 1.82) is 0 Å². The fourth-order valence-electron chi connectivity index (χ4n) is 3.76. The first-order valence-electron chi connectivity index (χ1n) is 11.4. The van der Waals surface area contributed by atoms with Gasteiger partial charge in [-0.15, -0.1) is 0 Å². The molecule has 0 aliphatic carbocycles. The van der Waals surface area contributed by atoms with Gasteiger partial charge in [0.2, 0.25) is 0 Å². The van der Waals surface area contributed by atoms with Gasteiger partial charge in [0.25, 0.3) is 5.91 Å². The first-order valence-corrected chi connectivity index (χ1v) is 11.4. The zero-order chi connectivity index (χ0) is 23.3. The summed E-state index contributed by atoms with van der Waals surface area (Å²) in [6.45, 7) is 6.07. The number of benzene rings is 2. The molecule has 1 aliphatic rings. The zero-order valence-corrected chi connectivity index (χ0v) is 19.3. The van der Waals surface area contributed by atoms with Gasteiger partial charge in [-0.05, 0) is 29.8 Å². The Bertz CT molecular complexity index is 811. The summed E-state index contributed by atoms with van der Waals surface area (Å²) in [5.41, 5.74) is 1.86. The molecule has 1 heterocycles. The van der Waals surface area contributed by atoms with E-state index in [0.29, 0.717) is 31.1 Å². The number of amides is 1. The molecule has 1 unspecified atom stereocenters. The molecule has 0 radical (unpaired) electrons. The van der Waals surface area contributed by atoms with Crippen molar-refractivity contribution in [1.82, 2.24) is 15.1 Å². The number of methoxy groups -OCH3 is 1. The number of nitrogens with zero attached hydrogens (tertiary/aromatic N) is 2. The van der Waals surface area contributed by atoms with Gasteiger partial charge in [-0.1, -0.05) is 30.3 Å². The maximum absolute atomic E-state index is 12.5. The van der Waals surface area contributed by atoms with Crippen LogP contribution in [0.1, 0.15) is 15.9 Å². The van der Waals surface area contributed by atoms with Crippen LogP contribution in [0, 0.1) is 0 Å². The molecule has 0 aromatic heterocycles. The van der Waals surface area contributed by atoms with E-state index < -0.39 is 0 Å². The first-order chi connectivity index (χ1) is 16.2. The number of hydrogen-bond donors (Lipinski definition) is 2. The second-order valence-electron chi connectivity index (χ2n) is 8.03. The van der Waals surface area contributed by atoms with Gasteiger partial charge in [0.05, 0.1) is 25.9 Å². The first kappa shape index (κ1) is 25.1. The third-order valence-corrected chi connectivity index (χ3v) is 5.74. The lowest BCUT2D eigenvalue weighted by Gasteiger charge is -2.38. The van der Waals surface area contributed by atoms with E-state index in [2.05, 4.69) is 39.4 Å². The molecular formula is C25H35N3O5. The van der Waals surface area contributed by atoms with Crippen LogP contribution in [0.5, 0.6) is 5.75 Å². The molecular weight excluding hydrogens is 422 g/mol. The number of aliphatic hydroxyl groups excluding tert-OH is 1. The summed E-state index contributed by atoms with van der Waals surface area (Å²) >= 11 is 0. The Morgan fingerprint density at radius 1 is 1.03 bits per heavy atom. The Labute approximate surface area is 196 Å². The molecule has 3 rings (SSSR count). The summed E-state index contributed by atoms with van der Waals surface area (Å²) in [6.07, 6.45) is 0. The third kappa shape index (κ3) is 8.42. The minimum Gasteiger partial charge on any atom is -0.468 e. The Hall–Kier alpha value is -2.49. The topological polar surface area (TPSA) is 83.5 Å². The molecule has 0 saturated carbocycles. The van der Waals surface area contributed by atoms with Crippen LogP contribution in [0.4, 0.5) is 0 Å². The Kier molecular flexibility index (Phi) is 10.6. The van der Waals surface area contributed by atoms with Crippen LogP contribution in [0.15, 0.2) is 54.6 Å². The number of carbonyl (C=O) groups excluding carboxylic acids is 1. The normalized spacial score (nSPS) is 15.8. The quantitative estimate of drug-likeness (QED) is 0.349. The van der Waals surface area contributed by atoms with E-state index >= 15 is 0 Å². The Morgan fingerprint density at radius 3 is 2.42 bits per heavy atom. The monoisotopic (exact) mass is 457 g/mol. The minimum atomic E-state index is -0.168. The lowest BCUT2D eigenvalue weighted by molar-refractivity contribution is -0.00847. The van der Waals surface area contributed by atoms with Gasteiger partial charge >= 0.3 is 0 Å². The smallest absolute Gasteiger partial charge is 0.251 e. The Morgan fingerprint density at radius 2 is 1.76 bits per heavy atom. The maximum Gasteiger partial charge on any atom is 0.251 e. The summed E-state index contributed by atoms with van der Waals surface area (Å²) in [5.74, 6) is 0.463.